The summed E-state index contributed by atoms with van der Waals surface area (Å²) in [6, 6.07) is 0. The molecule has 282 valence electrons. The van der Waals surface area contributed by atoms with Gasteiger partial charge in [-0.2, -0.15) is 0 Å². The molecule has 0 spiro atoms. The highest BCUT2D eigenvalue weighted by Gasteiger charge is 2.60. The summed E-state index contributed by atoms with van der Waals surface area (Å²) in [4.78, 5) is 0. The molecule has 0 rings (SSSR count). The quantitative estimate of drug-likeness (QED) is 0.0827. The summed E-state index contributed by atoms with van der Waals surface area (Å²) in [7, 11) is 0. The van der Waals surface area contributed by atoms with Crippen LogP contribution in [0.4, 0.5) is 0 Å². The lowest BCUT2D eigenvalue weighted by Crippen LogP contribution is -2.50. The van der Waals surface area contributed by atoms with Crippen molar-refractivity contribution in [1.82, 2.24) is 0 Å². The summed E-state index contributed by atoms with van der Waals surface area (Å²) in [5.74, 6) is 57.5. The van der Waals surface area contributed by atoms with Gasteiger partial charge in [-0.25, -0.2) is 0 Å². The molecule has 0 aliphatic rings. The summed E-state index contributed by atoms with van der Waals surface area (Å²) in [5, 5.41) is 0. The number of hydrogen-bond donors (Lipinski definition) is 0. The standard InChI is InChI=1S/C52H74/c1-9-17-24-28-30-31-32-35-40-47-51(45-38-33-26-19-11-3,46-39-34-29-25-18-10-2)52(48-37-22-14-6,49-41-27-20-12-4)50(42-16-8,43-23-15-7)44-36-21-13-5/h9-15,17-22,24-31,33-34,36,44H2,1-8H3. The lowest BCUT2D eigenvalue weighted by atomic mass is 9.50. The van der Waals surface area contributed by atoms with Crippen molar-refractivity contribution in [3.63, 3.8) is 0 Å². The van der Waals surface area contributed by atoms with Gasteiger partial charge < -0.3 is 0 Å². The third-order valence-electron chi connectivity index (χ3n) is 9.18. The molecule has 0 bridgehead atoms. The predicted octanol–water partition coefficient (Wildman–Crippen LogP) is 13.9. The first-order valence-electron chi connectivity index (χ1n) is 21.4. The fourth-order valence-electron chi connectivity index (χ4n) is 6.07. The van der Waals surface area contributed by atoms with Gasteiger partial charge in [-0.3, -0.25) is 0 Å². The van der Waals surface area contributed by atoms with Crippen LogP contribution >= 0.6 is 0 Å². The largest absolute Gasteiger partial charge is 0.182 e. The van der Waals surface area contributed by atoms with Crippen molar-refractivity contribution < 1.29 is 0 Å². The SMILES string of the molecule is CC#CC(C#CCC)(CCCCC)C(C#CCCC)(C#CCCCC)C(C#CC#CCCCCCCC)(C#CCCCCC)C#CCCCCCC. The summed E-state index contributed by atoms with van der Waals surface area (Å²) >= 11 is 0. The first-order chi connectivity index (χ1) is 25.5. The van der Waals surface area contributed by atoms with E-state index in [2.05, 4.69) is 143 Å². The van der Waals surface area contributed by atoms with Crippen molar-refractivity contribution >= 4 is 0 Å². The molecule has 0 aromatic rings. The summed E-state index contributed by atoms with van der Waals surface area (Å²) < 4.78 is 0. The predicted molar refractivity (Wildman–Crippen MR) is 230 cm³/mol. The molecule has 0 nitrogen and oxygen atoms in total. The second-order valence-electron chi connectivity index (χ2n) is 13.9. The highest BCUT2D eigenvalue weighted by atomic mass is 14.5. The van der Waals surface area contributed by atoms with Gasteiger partial charge in [-0.15, -0.1) is 35.5 Å². The zero-order valence-electron chi connectivity index (χ0n) is 35.2. The maximum atomic E-state index is 3.84. The lowest BCUT2D eigenvalue weighted by Gasteiger charge is -2.44. The molecule has 0 fully saturated rings. The van der Waals surface area contributed by atoms with E-state index in [4.69, 9.17) is 0 Å². The molecule has 0 saturated carbocycles. The van der Waals surface area contributed by atoms with E-state index in [0.29, 0.717) is 0 Å². The number of unbranched alkanes of at least 4 members (excludes halogenated alkanes) is 17. The van der Waals surface area contributed by atoms with E-state index in [0.717, 1.165) is 116 Å². The molecule has 0 aromatic carbocycles. The minimum absolute atomic E-state index is 0.719. The van der Waals surface area contributed by atoms with Crippen LogP contribution in [0, 0.1) is 111 Å². The van der Waals surface area contributed by atoms with Gasteiger partial charge in [0, 0.05) is 38.5 Å². The van der Waals surface area contributed by atoms with E-state index in [1.165, 1.54) is 44.9 Å². The van der Waals surface area contributed by atoms with Crippen LogP contribution in [0.25, 0.3) is 0 Å². The third kappa shape index (κ3) is 18.8. The summed E-state index contributed by atoms with van der Waals surface area (Å²) in [5.41, 5.74) is -3.26. The Hall–Kier alpha value is -3.52. The van der Waals surface area contributed by atoms with Crippen LogP contribution in [-0.2, 0) is 0 Å². The van der Waals surface area contributed by atoms with Gasteiger partial charge in [-0.05, 0) is 57.3 Å². The van der Waals surface area contributed by atoms with E-state index in [-0.39, 0.29) is 0 Å². The normalized spacial score (nSPS) is 13.0. The zero-order chi connectivity index (χ0) is 38.5. The van der Waals surface area contributed by atoms with Crippen molar-refractivity contribution in [3.05, 3.63) is 0 Å². The minimum Gasteiger partial charge on any atom is -0.105 e. The van der Waals surface area contributed by atoms with E-state index < -0.39 is 16.2 Å². The minimum atomic E-state index is -1.21. The molecule has 0 radical (unpaired) electrons. The smallest absolute Gasteiger partial charge is 0.105 e. The van der Waals surface area contributed by atoms with Crippen molar-refractivity contribution in [2.45, 2.75) is 216 Å². The molecular formula is C52H74. The molecule has 0 aliphatic heterocycles. The van der Waals surface area contributed by atoms with Crippen molar-refractivity contribution in [2.24, 2.45) is 16.2 Å². The Labute approximate surface area is 325 Å². The Bertz CT molecular complexity index is 1460. The van der Waals surface area contributed by atoms with Crippen LogP contribution in [0.3, 0.4) is 0 Å². The maximum Gasteiger partial charge on any atom is 0.182 e. The molecule has 0 saturated heterocycles. The molecule has 0 N–H and O–H groups in total. The first kappa shape index (κ1) is 48.5. The van der Waals surface area contributed by atoms with Crippen LogP contribution in [0.2, 0.25) is 0 Å². The number of rotatable bonds is 21. The van der Waals surface area contributed by atoms with Gasteiger partial charge in [0.2, 0.25) is 0 Å². The average molecular weight is 699 g/mol. The topological polar surface area (TPSA) is 0 Å². The molecule has 0 aliphatic carbocycles. The lowest BCUT2D eigenvalue weighted by molar-refractivity contribution is 0.216. The Balaban J connectivity index is 8.47. The van der Waals surface area contributed by atoms with E-state index in [9.17, 15) is 0 Å². The van der Waals surface area contributed by atoms with Crippen LogP contribution in [-0.4, -0.2) is 0 Å². The molecule has 3 atom stereocenters. The average Bonchev–Trinajstić information content (AvgIpc) is 3.15. The molecule has 0 heterocycles. The summed E-state index contributed by atoms with van der Waals surface area (Å²) in [6.45, 7) is 17.4. The van der Waals surface area contributed by atoms with Gasteiger partial charge in [-0.1, -0.05) is 179 Å². The Morgan fingerprint density at radius 3 is 1.40 bits per heavy atom. The van der Waals surface area contributed by atoms with Crippen LogP contribution in [0.5, 0.6) is 0 Å². The Kier molecular flexibility index (Phi) is 31.1. The molecule has 0 aromatic heterocycles. The van der Waals surface area contributed by atoms with Crippen LogP contribution < -0.4 is 0 Å². The summed E-state index contributed by atoms with van der Waals surface area (Å²) in [6.07, 6.45) is 25.6. The van der Waals surface area contributed by atoms with Gasteiger partial charge in [0.25, 0.3) is 0 Å². The van der Waals surface area contributed by atoms with E-state index in [1.807, 2.05) is 6.92 Å². The first-order valence-corrected chi connectivity index (χ1v) is 21.4. The van der Waals surface area contributed by atoms with Crippen molar-refractivity contribution in [1.29, 1.82) is 0 Å². The Morgan fingerprint density at radius 2 is 0.827 bits per heavy atom. The van der Waals surface area contributed by atoms with E-state index in [1.54, 1.807) is 0 Å². The zero-order valence-corrected chi connectivity index (χ0v) is 35.2. The molecular weight excluding hydrogens is 625 g/mol. The maximum absolute atomic E-state index is 3.84. The van der Waals surface area contributed by atoms with Gasteiger partial charge in [0.05, 0.1) is 0 Å². The number of hydrogen-bond acceptors (Lipinski definition) is 0. The second kappa shape index (κ2) is 33.3. The molecule has 0 amide bonds. The molecule has 0 heteroatoms. The molecule has 52 heavy (non-hydrogen) atoms. The van der Waals surface area contributed by atoms with Crippen molar-refractivity contribution in [2.75, 3.05) is 0 Å². The van der Waals surface area contributed by atoms with E-state index >= 15 is 0 Å². The van der Waals surface area contributed by atoms with Gasteiger partial charge in [0.15, 0.2) is 10.8 Å². The van der Waals surface area contributed by atoms with Crippen LogP contribution in [0.1, 0.15) is 216 Å². The van der Waals surface area contributed by atoms with Gasteiger partial charge in [0.1, 0.15) is 5.41 Å². The highest BCUT2D eigenvalue weighted by Crippen LogP contribution is 2.54. The highest BCUT2D eigenvalue weighted by molar-refractivity contribution is 5.59. The fraction of sp³-hybridized carbons (Fsp3) is 0.692. The third-order valence-corrected chi connectivity index (χ3v) is 9.18. The molecule has 3 unspecified atom stereocenters. The fourth-order valence-corrected chi connectivity index (χ4v) is 6.07. The van der Waals surface area contributed by atoms with Crippen LogP contribution in [0.15, 0.2) is 0 Å². The monoisotopic (exact) mass is 699 g/mol. The second-order valence-corrected chi connectivity index (χ2v) is 13.9. The van der Waals surface area contributed by atoms with Crippen molar-refractivity contribution in [3.8, 4) is 94.7 Å². The Morgan fingerprint density at radius 1 is 0.346 bits per heavy atom. The van der Waals surface area contributed by atoms with Gasteiger partial charge >= 0.3 is 0 Å².